The molecule has 0 N–H and O–H groups in total. The Morgan fingerprint density at radius 1 is 1.25 bits per heavy atom. The van der Waals surface area contributed by atoms with E-state index in [0.717, 1.165) is 5.56 Å². The van der Waals surface area contributed by atoms with Gasteiger partial charge in [0.1, 0.15) is 5.60 Å². The summed E-state index contributed by atoms with van der Waals surface area (Å²) in [5.74, 6) is 0.409. The number of hydrogen-bond donors (Lipinski definition) is 0. The predicted octanol–water partition coefficient (Wildman–Crippen LogP) is 4.68. The van der Waals surface area contributed by atoms with Crippen LogP contribution in [0.5, 0.6) is 0 Å². The zero-order valence-electron chi connectivity index (χ0n) is 12.9. The van der Waals surface area contributed by atoms with Crippen molar-refractivity contribution in [3.05, 3.63) is 33.4 Å². The lowest BCUT2D eigenvalue weighted by molar-refractivity contribution is 0.0211. The summed E-state index contributed by atoms with van der Waals surface area (Å²) in [6.45, 7) is 11.2. The van der Waals surface area contributed by atoms with E-state index in [-0.39, 0.29) is 6.09 Å². The molecule has 1 aromatic carbocycles. The van der Waals surface area contributed by atoms with Gasteiger partial charge in [-0.05, 0) is 67.0 Å². The lowest BCUT2D eigenvalue weighted by Gasteiger charge is -2.28. The van der Waals surface area contributed by atoms with E-state index in [4.69, 9.17) is 4.74 Å². The predicted molar refractivity (Wildman–Crippen MR) is 90.6 cm³/mol. The summed E-state index contributed by atoms with van der Waals surface area (Å²) in [6, 6.07) is 8.22. The molecule has 0 unspecified atom stereocenters. The molecule has 3 nitrogen and oxygen atoms in total. The van der Waals surface area contributed by atoms with Crippen molar-refractivity contribution in [3.8, 4) is 0 Å². The molecular weight excluding hydrogens is 365 g/mol. The normalized spacial score (nSPS) is 11.6. The van der Waals surface area contributed by atoms with Gasteiger partial charge in [0.05, 0.1) is 0 Å². The fraction of sp³-hybridized carbons (Fsp3) is 0.562. The molecular formula is C16H24INO2. The van der Waals surface area contributed by atoms with Crippen molar-refractivity contribution in [1.29, 1.82) is 0 Å². The highest BCUT2D eigenvalue weighted by atomic mass is 127. The van der Waals surface area contributed by atoms with Crippen molar-refractivity contribution in [2.45, 2.75) is 46.8 Å². The Balaban J connectivity index is 2.78. The van der Waals surface area contributed by atoms with Crippen LogP contribution < -0.4 is 0 Å². The molecule has 1 aromatic rings. The largest absolute Gasteiger partial charge is 0.444 e. The Bertz CT molecular complexity index is 435. The number of carbonyl (C=O) groups excluding carboxylic acids is 1. The summed E-state index contributed by atoms with van der Waals surface area (Å²) in [7, 11) is 0. The molecule has 0 aromatic heterocycles. The number of halogens is 1. The number of hydrogen-bond acceptors (Lipinski definition) is 2. The molecule has 4 heteroatoms. The molecule has 1 amide bonds. The average Bonchev–Trinajstić information content (AvgIpc) is 2.28. The maximum absolute atomic E-state index is 12.3. The van der Waals surface area contributed by atoms with Crippen LogP contribution in [0.1, 0.15) is 40.2 Å². The van der Waals surface area contributed by atoms with Gasteiger partial charge in [-0.25, -0.2) is 4.79 Å². The van der Waals surface area contributed by atoms with Gasteiger partial charge < -0.3 is 9.64 Å². The van der Waals surface area contributed by atoms with Crippen molar-refractivity contribution < 1.29 is 9.53 Å². The van der Waals surface area contributed by atoms with Crippen molar-refractivity contribution in [3.63, 3.8) is 0 Å². The first-order valence-electron chi connectivity index (χ1n) is 6.90. The van der Waals surface area contributed by atoms with Crippen LogP contribution in [0, 0.1) is 9.49 Å². The highest BCUT2D eigenvalue weighted by Crippen LogP contribution is 2.15. The van der Waals surface area contributed by atoms with Gasteiger partial charge in [-0.2, -0.15) is 0 Å². The molecule has 0 saturated heterocycles. The van der Waals surface area contributed by atoms with Gasteiger partial charge in [0.2, 0.25) is 0 Å². The molecule has 0 aliphatic rings. The van der Waals surface area contributed by atoms with E-state index in [1.54, 1.807) is 4.90 Å². The lowest BCUT2D eigenvalue weighted by atomic mass is 10.1. The van der Waals surface area contributed by atoms with Gasteiger partial charge in [-0.1, -0.05) is 26.0 Å². The van der Waals surface area contributed by atoms with E-state index in [1.165, 1.54) is 3.57 Å². The molecule has 0 saturated carbocycles. The van der Waals surface area contributed by atoms with E-state index >= 15 is 0 Å². The number of benzene rings is 1. The second-order valence-corrected chi connectivity index (χ2v) is 7.63. The molecule has 112 valence electrons. The molecule has 0 heterocycles. The molecule has 0 spiro atoms. The quantitative estimate of drug-likeness (QED) is 0.700. The van der Waals surface area contributed by atoms with Crippen LogP contribution in [-0.4, -0.2) is 23.1 Å². The van der Waals surface area contributed by atoms with Crippen molar-refractivity contribution in [2.75, 3.05) is 6.54 Å². The Labute approximate surface area is 135 Å². The maximum Gasteiger partial charge on any atom is 0.410 e. The smallest absolute Gasteiger partial charge is 0.410 e. The Morgan fingerprint density at radius 2 is 1.80 bits per heavy atom. The summed E-state index contributed by atoms with van der Waals surface area (Å²) in [4.78, 5) is 14.0. The van der Waals surface area contributed by atoms with Crippen LogP contribution in [0.4, 0.5) is 4.79 Å². The zero-order valence-corrected chi connectivity index (χ0v) is 15.1. The zero-order chi connectivity index (χ0) is 15.3. The third-order valence-corrected chi connectivity index (χ3v) is 3.24. The van der Waals surface area contributed by atoms with Crippen molar-refractivity contribution in [1.82, 2.24) is 4.90 Å². The molecule has 0 aliphatic carbocycles. The van der Waals surface area contributed by atoms with Gasteiger partial charge in [-0.3, -0.25) is 0 Å². The van der Waals surface area contributed by atoms with Crippen molar-refractivity contribution >= 4 is 28.7 Å². The van der Waals surface area contributed by atoms with Gasteiger partial charge in [0.15, 0.2) is 0 Å². The first-order chi connectivity index (χ1) is 9.17. The number of rotatable bonds is 4. The first-order valence-corrected chi connectivity index (χ1v) is 7.97. The fourth-order valence-corrected chi connectivity index (χ4v) is 2.14. The molecule has 0 bridgehead atoms. The van der Waals surface area contributed by atoms with E-state index < -0.39 is 5.60 Å². The summed E-state index contributed by atoms with van der Waals surface area (Å²) < 4.78 is 6.68. The van der Waals surface area contributed by atoms with Gasteiger partial charge in [0.25, 0.3) is 0 Å². The Kier molecular flexibility index (Phi) is 6.30. The third-order valence-electron chi connectivity index (χ3n) is 2.52. The van der Waals surface area contributed by atoms with E-state index in [2.05, 4.69) is 60.7 Å². The lowest BCUT2D eigenvalue weighted by Crippen LogP contribution is -2.38. The van der Waals surface area contributed by atoms with Crippen LogP contribution in [0.25, 0.3) is 0 Å². The minimum atomic E-state index is -0.460. The molecule has 0 aliphatic heterocycles. The molecule has 20 heavy (non-hydrogen) atoms. The molecule has 0 fully saturated rings. The standard InChI is InChI=1S/C16H24INO2/c1-12(2)10-18(15(19)20-16(3,4)5)11-13-6-8-14(17)9-7-13/h6-9,12H,10-11H2,1-5H3. The van der Waals surface area contributed by atoms with E-state index in [1.807, 2.05) is 20.8 Å². The van der Waals surface area contributed by atoms with Gasteiger partial charge in [-0.15, -0.1) is 0 Å². The topological polar surface area (TPSA) is 29.5 Å². The highest BCUT2D eigenvalue weighted by Gasteiger charge is 2.22. The maximum atomic E-state index is 12.3. The Hall–Kier alpha value is -0.780. The highest BCUT2D eigenvalue weighted by molar-refractivity contribution is 14.1. The number of ether oxygens (including phenoxy) is 1. The summed E-state index contributed by atoms with van der Waals surface area (Å²) in [5, 5.41) is 0. The van der Waals surface area contributed by atoms with Crippen molar-refractivity contribution in [2.24, 2.45) is 5.92 Å². The Morgan fingerprint density at radius 3 is 2.25 bits per heavy atom. The number of amides is 1. The summed E-state index contributed by atoms with van der Waals surface area (Å²) >= 11 is 2.28. The van der Waals surface area contributed by atoms with Gasteiger partial charge in [0, 0.05) is 16.7 Å². The first kappa shape index (κ1) is 17.3. The number of nitrogens with zero attached hydrogens (tertiary/aromatic N) is 1. The number of carbonyl (C=O) groups is 1. The fourth-order valence-electron chi connectivity index (χ4n) is 1.78. The second-order valence-electron chi connectivity index (χ2n) is 6.38. The summed E-state index contributed by atoms with van der Waals surface area (Å²) in [5.41, 5.74) is 0.662. The van der Waals surface area contributed by atoms with Crippen LogP contribution >= 0.6 is 22.6 Å². The molecule has 0 atom stereocenters. The molecule has 1 rings (SSSR count). The second kappa shape index (κ2) is 7.29. The van der Waals surface area contributed by atoms with E-state index in [0.29, 0.717) is 19.0 Å². The van der Waals surface area contributed by atoms with Crippen LogP contribution in [0.3, 0.4) is 0 Å². The van der Waals surface area contributed by atoms with Gasteiger partial charge >= 0.3 is 6.09 Å². The third kappa shape index (κ3) is 6.59. The monoisotopic (exact) mass is 389 g/mol. The van der Waals surface area contributed by atoms with Crippen LogP contribution in [0.15, 0.2) is 24.3 Å². The molecule has 0 radical (unpaired) electrons. The minimum absolute atomic E-state index is 0.246. The average molecular weight is 389 g/mol. The van der Waals surface area contributed by atoms with E-state index in [9.17, 15) is 4.79 Å². The summed E-state index contributed by atoms with van der Waals surface area (Å²) in [6.07, 6.45) is -0.246. The minimum Gasteiger partial charge on any atom is -0.444 e. The van der Waals surface area contributed by atoms with Crippen LogP contribution in [-0.2, 0) is 11.3 Å². The SMILES string of the molecule is CC(C)CN(Cc1ccc(I)cc1)C(=O)OC(C)(C)C. The van der Waals surface area contributed by atoms with Crippen LogP contribution in [0.2, 0.25) is 0 Å².